The number of fused-ring (bicyclic) bond motifs is 1. The minimum absolute atomic E-state index is 0.0241. The first-order valence-corrected chi connectivity index (χ1v) is 14.4. The largest absolute Gasteiger partial charge is 0.459 e. The first-order chi connectivity index (χ1) is 20.7. The summed E-state index contributed by atoms with van der Waals surface area (Å²) in [6.45, 7) is 4.91. The Labute approximate surface area is 252 Å². The summed E-state index contributed by atoms with van der Waals surface area (Å²) in [6, 6.07) is 20.3. The lowest BCUT2D eigenvalue weighted by molar-refractivity contribution is -0.135. The number of ether oxygens (including phenoxy) is 2. The molecule has 3 heterocycles. The van der Waals surface area contributed by atoms with Crippen LogP contribution < -0.4 is 20.7 Å². The number of hydrogen-bond acceptors (Lipinski definition) is 8. The van der Waals surface area contributed by atoms with Crippen LogP contribution in [0.3, 0.4) is 0 Å². The molecule has 0 atom stereocenters. The van der Waals surface area contributed by atoms with Gasteiger partial charge in [-0.2, -0.15) is 0 Å². The molecular weight excluding hydrogens is 571 g/mol. The second-order valence-corrected chi connectivity index (χ2v) is 11.3. The van der Waals surface area contributed by atoms with Crippen LogP contribution in [-0.2, 0) is 20.9 Å². The lowest BCUT2D eigenvalue weighted by Crippen LogP contribution is -2.41. The molecule has 43 heavy (non-hydrogen) atoms. The Hall–Kier alpha value is -4.58. The fraction of sp³-hybridized carbons (Fsp3) is 0.219. The lowest BCUT2D eigenvalue weighted by atomic mass is 9.90. The Bertz CT molecular complexity index is 1730. The molecule has 0 aliphatic heterocycles. The summed E-state index contributed by atoms with van der Waals surface area (Å²) < 4.78 is 32.9. The van der Waals surface area contributed by atoms with Gasteiger partial charge < -0.3 is 29.8 Å². The van der Waals surface area contributed by atoms with Gasteiger partial charge in [0.25, 0.3) is 0 Å². The van der Waals surface area contributed by atoms with Gasteiger partial charge in [0.05, 0.1) is 28.2 Å². The molecule has 0 spiro atoms. The Morgan fingerprint density at radius 3 is 2.47 bits per heavy atom. The zero-order valence-electron chi connectivity index (χ0n) is 23.9. The zero-order chi connectivity index (χ0) is 30.4. The van der Waals surface area contributed by atoms with Crippen molar-refractivity contribution in [3.8, 4) is 22.1 Å². The summed E-state index contributed by atoms with van der Waals surface area (Å²) >= 11 is 1.43. The third-order valence-corrected chi connectivity index (χ3v) is 7.79. The van der Waals surface area contributed by atoms with Crippen LogP contribution in [0.1, 0.15) is 19.6 Å². The maximum atomic E-state index is 15.2. The molecule has 222 valence electrons. The number of methoxy groups -OCH3 is 1. The number of halogens is 1. The highest BCUT2D eigenvalue weighted by molar-refractivity contribution is 7.22. The van der Waals surface area contributed by atoms with Crippen LogP contribution in [0.25, 0.3) is 20.9 Å². The van der Waals surface area contributed by atoms with Crippen molar-refractivity contribution in [2.45, 2.75) is 20.4 Å². The van der Waals surface area contributed by atoms with E-state index in [2.05, 4.69) is 20.9 Å². The molecule has 0 aliphatic carbocycles. The van der Waals surface area contributed by atoms with Gasteiger partial charge in [0.15, 0.2) is 11.6 Å². The molecule has 0 saturated carbocycles. The van der Waals surface area contributed by atoms with Gasteiger partial charge in [-0.05, 0) is 56.3 Å². The molecule has 5 rings (SSSR count). The van der Waals surface area contributed by atoms with Crippen molar-refractivity contribution < 1.29 is 27.9 Å². The number of rotatable bonds is 12. The molecule has 2 amide bonds. The van der Waals surface area contributed by atoms with Gasteiger partial charge in [-0.3, -0.25) is 14.6 Å². The van der Waals surface area contributed by atoms with Crippen molar-refractivity contribution in [3.63, 3.8) is 0 Å². The van der Waals surface area contributed by atoms with Crippen LogP contribution in [0.5, 0.6) is 11.5 Å². The average Bonchev–Trinajstić information content (AvgIpc) is 3.65. The van der Waals surface area contributed by atoms with Gasteiger partial charge in [0.1, 0.15) is 22.7 Å². The number of anilines is 2. The van der Waals surface area contributed by atoms with Crippen molar-refractivity contribution in [1.29, 1.82) is 0 Å². The molecule has 0 saturated heterocycles. The topological polar surface area (TPSA) is 115 Å². The number of carbonyl (C=O) groups excluding carboxylic acids is 2. The lowest BCUT2D eigenvalue weighted by Gasteiger charge is -2.23. The van der Waals surface area contributed by atoms with Crippen LogP contribution in [0.15, 0.2) is 83.4 Å². The quantitative estimate of drug-likeness (QED) is 0.106. The second-order valence-electron chi connectivity index (χ2n) is 10.2. The molecule has 2 aromatic carbocycles. The Kier molecular flexibility index (Phi) is 9.15. The van der Waals surface area contributed by atoms with E-state index in [-0.39, 0.29) is 11.4 Å². The summed E-state index contributed by atoms with van der Waals surface area (Å²) in [5.74, 6) is 0.155. The molecule has 0 fully saturated rings. The number of nitrogens with one attached hydrogen (secondary N) is 3. The highest BCUT2D eigenvalue weighted by atomic mass is 32.1. The van der Waals surface area contributed by atoms with E-state index in [0.717, 1.165) is 21.4 Å². The normalized spacial score (nSPS) is 11.4. The van der Waals surface area contributed by atoms with Crippen LogP contribution in [0.2, 0.25) is 0 Å². The highest BCUT2D eigenvalue weighted by Gasteiger charge is 2.36. The van der Waals surface area contributed by atoms with E-state index in [1.807, 2.05) is 24.3 Å². The standard InChI is InChI=1S/C32H31FN4O5S/c1-32(2,30(38)36-20-7-5-4-6-8-20)31(39)37-21-9-11-25(23(33)17-21)42-27-13-14-35-24-18-28(43-29(24)27)26-12-10-22(41-26)19-34-15-16-40-3/h4-14,17-18,34H,15-16,19H2,1-3H3,(H,36,38)(H,37,39). The summed E-state index contributed by atoms with van der Waals surface area (Å²) in [7, 11) is 1.65. The predicted molar refractivity (Wildman–Crippen MR) is 165 cm³/mol. The van der Waals surface area contributed by atoms with Crippen LogP contribution in [-0.4, -0.2) is 37.1 Å². The average molecular weight is 603 g/mol. The van der Waals surface area contributed by atoms with Gasteiger partial charge in [0, 0.05) is 43.4 Å². The fourth-order valence-corrected chi connectivity index (χ4v) is 5.11. The van der Waals surface area contributed by atoms with Crippen molar-refractivity contribution in [2.75, 3.05) is 30.9 Å². The maximum Gasteiger partial charge on any atom is 0.239 e. The van der Waals surface area contributed by atoms with E-state index >= 15 is 4.39 Å². The smallest absolute Gasteiger partial charge is 0.239 e. The third-order valence-electron chi connectivity index (χ3n) is 6.64. The zero-order valence-corrected chi connectivity index (χ0v) is 24.7. The number of para-hydroxylation sites is 1. The van der Waals surface area contributed by atoms with E-state index in [4.69, 9.17) is 13.9 Å². The first-order valence-electron chi connectivity index (χ1n) is 13.6. The van der Waals surface area contributed by atoms with Gasteiger partial charge in [-0.1, -0.05) is 18.2 Å². The third kappa shape index (κ3) is 7.08. The van der Waals surface area contributed by atoms with Crippen LogP contribution in [0.4, 0.5) is 15.8 Å². The van der Waals surface area contributed by atoms with Crippen molar-refractivity contribution >= 4 is 44.7 Å². The second kappa shape index (κ2) is 13.2. The number of pyridine rings is 1. The number of carbonyl (C=O) groups is 2. The Morgan fingerprint density at radius 2 is 1.72 bits per heavy atom. The number of thiophene rings is 1. The van der Waals surface area contributed by atoms with E-state index in [0.29, 0.717) is 42.4 Å². The Morgan fingerprint density at radius 1 is 0.953 bits per heavy atom. The minimum atomic E-state index is -1.42. The molecule has 5 aromatic rings. The molecular formula is C32H31FN4O5S. The van der Waals surface area contributed by atoms with Crippen LogP contribution in [0, 0.1) is 11.2 Å². The van der Waals surface area contributed by atoms with Gasteiger partial charge in [0.2, 0.25) is 11.8 Å². The van der Waals surface area contributed by atoms with Crippen molar-refractivity contribution in [3.05, 3.63) is 90.6 Å². The molecule has 3 N–H and O–H groups in total. The SMILES string of the molecule is COCCNCc1ccc(-c2cc3nccc(Oc4ccc(NC(=O)C(C)(C)C(=O)Nc5ccccc5)cc4F)c3s2)o1. The van der Waals surface area contributed by atoms with Crippen LogP contribution >= 0.6 is 11.3 Å². The predicted octanol–water partition coefficient (Wildman–Crippen LogP) is 6.83. The van der Waals surface area contributed by atoms with Gasteiger partial charge in [-0.15, -0.1) is 11.3 Å². The number of benzene rings is 2. The molecule has 0 radical (unpaired) electrons. The van der Waals surface area contributed by atoms with Gasteiger partial charge >= 0.3 is 0 Å². The molecule has 0 bridgehead atoms. The molecule has 0 unspecified atom stereocenters. The number of furan rings is 1. The molecule has 0 aliphatic rings. The Balaban J connectivity index is 1.26. The molecule has 3 aromatic heterocycles. The minimum Gasteiger partial charge on any atom is -0.459 e. The van der Waals surface area contributed by atoms with E-state index in [1.165, 1.54) is 37.3 Å². The monoisotopic (exact) mass is 602 g/mol. The molecule has 9 nitrogen and oxygen atoms in total. The first kappa shape index (κ1) is 29.9. The summed E-state index contributed by atoms with van der Waals surface area (Å²) in [6.07, 6.45) is 1.59. The van der Waals surface area contributed by atoms with Crippen molar-refractivity contribution in [1.82, 2.24) is 10.3 Å². The summed E-state index contributed by atoms with van der Waals surface area (Å²) in [5.41, 5.74) is 0.0352. The van der Waals surface area contributed by atoms with E-state index in [1.54, 1.807) is 43.6 Å². The number of nitrogens with zero attached hydrogens (tertiary/aromatic N) is 1. The van der Waals surface area contributed by atoms with E-state index < -0.39 is 23.0 Å². The fourth-order valence-electron chi connectivity index (χ4n) is 4.09. The molecule has 11 heteroatoms. The summed E-state index contributed by atoms with van der Waals surface area (Å²) in [5, 5.41) is 8.60. The van der Waals surface area contributed by atoms with Crippen molar-refractivity contribution in [2.24, 2.45) is 5.41 Å². The number of amides is 2. The number of aromatic nitrogens is 1. The maximum absolute atomic E-state index is 15.2. The highest BCUT2D eigenvalue weighted by Crippen LogP contribution is 2.40. The van der Waals surface area contributed by atoms with Gasteiger partial charge in [-0.25, -0.2) is 4.39 Å². The summed E-state index contributed by atoms with van der Waals surface area (Å²) in [4.78, 5) is 31.0. The number of hydrogen-bond donors (Lipinski definition) is 3. The van der Waals surface area contributed by atoms with E-state index in [9.17, 15) is 9.59 Å².